The van der Waals surface area contributed by atoms with Gasteiger partial charge in [-0.2, -0.15) is 0 Å². The third kappa shape index (κ3) is 4.86. The molecule has 0 unspecified atom stereocenters. The van der Waals surface area contributed by atoms with Gasteiger partial charge >= 0.3 is 0 Å². The highest BCUT2D eigenvalue weighted by Crippen LogP contribution is 2.52. The first kappa shape index (κ1) is 33.9. The first-order chi connectivity index (χ1) is 29.5. The number of nitrogens with zero attached hydrogens (tertiary/aromatic N) is 3. The second-order valence-electron chi connectivity index (χ2n) is 16.3. The van der Waals surface area contributed by atoms with Crippen molar-refractivity contribution < 1.29 is 4.42 Å². The quantitative estimate of drug-likeness (QED) is 0.178. The van der Waals surface area contributed by atoms with Crippen LogP contribution in [0.25, 0.3) is 119 Å². The molecule has 8 aromatic carbocycles. The third-order valence-electron chi connectivity index (χ3n) is 12.6. The van der Waals surface area contributed by atoms with Crippen LogP contribution in [-0.2, 0) is 5.41 Å². The van der Waals surface area contributed by atoms with Crippen molar-refractivity contribution in [2.75, 3.05) is 0 Å². The molecule has 4 aromatic heterocycles. The minimum absolute atomic E-state index is 0.0865. The molecule has 0 amide bonds. The Kier molecular flexibility index (Phi) is 7.07. The van der Waals surface area contributed by atoms with Crippen molar-refractivity contribution in [2.45, 2.75) is 19.3 Å². The van der Waals surface area contributed by atoms with Crippen molar-refractivity contribution in [3.05, 3.63) is 175 Å². The van der Waals surface area contributed by atoms with E-state index in [0.717, 1.165) is 49.6 Å². The maximum atomic E-state index is 6.62. The summed E-state index contributed by atoms with van der Waals surface area (Å²) in [5.41, 5.74) is 12.1. The lowest BCUT2D eigenvalue weighted by atomic mass is 9.82. The number of rotatable bonds is 4. The van der Waals surface area contributed by atoms with Gasteiger partial charge in [-0.15, -0.1) is 22.7 Å². The van der Waals surface area contributed by atoms with E-state index in [4.69, 9.17) is 19.4 Å². The topological polar surface area (TPSA) is 51.8 Å². The van der Waals surface area contributed by atoms with E-state index in [1.807, 2.05) is 12.1 Å². The molecule has 6 heteroatoms. The van der Waals surface area contributed by atoms with Crippen LogP contribution in [-0.4, -0.2) is 15.0 Å². The van der Waals surface area contributed by atoms with Gasteiger partial charge in [-0.25, -0.2) is 15.0 Å². The van der Waals surface area contributed by atoms with Gasteiger partial charge in [0.15, 0.2) is 17.5 Å². The molecule has 4 heterocycles. The normalized spacial score (nSPS) is 13.3. The fourth-order valence-corrected chi connectivity index (χ4v) is 12.0. The Balaban J connectivity index is 1.05. The molecule has 0 saturated heterocycles. The molecule has 0 fully saturated rings. The Bertz CT molecular complexity index is 3770. The highest BCUT2D eigenvalue weighted by atomic mass is 32.1. The molecule has 282 valence electrons. The summed E-state index contributed by atoms with van der Waals surface area (Å²) in [4.78, 5) is 16.0. The third-order valence-corrected chi connectivity index (χ3v) is 14.8. The molecular weight excluding hydrogens is 771 g/mol. The number of fused-ring (bicyclic) bond motifs is 12. The second-order valence-corrected chi connectivity index (χ2v) is 18.5. The Morgan fingerprint density at radius 2 is 1.00 bits per heavy atom. The number of furan rings is 1. The van der Waals surface area contributed by atoms with Crippen LogP contribution in [0.1, 0.15) is 25.0 Å². The van der Waals surface area contributed by atoms with Crippen molar-refractivity contribution in [2.24, 2.45) is 0 Å². The van der Waals surface area contributed by atoms with Crippen molar-refractivity contribution >= 4 is 85.0 Å². The van der Waals surface area contributed by atoms with Gasteiger partial charge in [-0.05, 0) is 75.8 Å². The lowest BCUT2D eigenvalue weighted by molar-refractivity contribution is 0.660. The summed E-state index contributed by atoms with van der Waals surface area (Å²) in [6, 6.07) is 58.7. The average Bonchev–Trinajstić information content (AvgIpc) is 4.04. The van der Waals surface area contributed by atoms with Gasteiger partial charge in [0, 0.05) is 73.2 Å². The van der Waals surface area contributed by atoms with Gasteiger partial charge in [0.05, 0.1) is 0 Å². The van der Waals surface area contributed by atoms with Crippen molar-refractivity contribution in [3.63, 3.8) is 0 Å². The van der Waals surface area contributed by atoms with Crippen LogP contribution < -0.4 is 0 Å². The standard InChI is InChI=1S/C54H33N3OS2/c1-54(2)40-18-6-3-13-35(40)48-32(15-9-19-41(48)54)30-25-27-42-39(28-30)49-37(16-10-20-43(49)58-42)52-55-51(31-24-26-34-33-12-4-7-21-44(33)60-47(34)29-31)56-53(57-52)38-17-11-23-46-50(38)36-14-5-8-22-45(36)59-46/h3-29H,1-2H3. The van der Waals surface area contributed by atoms with Gasteiger partial charge in [-0.1, -0.05) is 135 Å². The smallest absolute Gasteiger partial charge is 0.164 e. The van der Waals surface area contributed by atoms with E-state index in [1.165, 1.54) is 62.8 Å². The number of hydrogen-bond donors (Lipinski definition) is 0. The van der Waals surface area contributed by atoms with Gasteiger partial charge in [-0.3, -0.25) is 0 Å². The number of hydrogen-bond acceptors (Lipinski definition) is 6. The molecule has 0 radical (unpaired) electrons. The molecule has 0 atom stereocenters. The Morgan fingerprint density at radius 1 is 0.400 bits per heavy atom. The van der Waals surface area contributed by atoms with Crippen LogP contribution in [0.2, 0.25) is 0 Å². The molecule has 0 aliphatic heterocycles. The molecule has 0 saturated carbocycles. The minimum atomic E-state index is -0.0865. The predicted octanol–water partition coefficient (Wildman–Crippen LogP) is 15.5. The van der Waals surface area contributed by atoms with Crippen LogP contribution in [0.3, 0.4) is 0 Å². The van der Waals surface area contributed by atoms with Crippen LogP contribution in [0.4, 0.5) is 0 Å². The van der Waals surface area contributed by atoms with Crippen LogP contribution in [0.5, 0.6) is 0 Å². The molecule has 1 aliphatic rings. The molecule has 60 heavy (non-hydrogen) atoms. The Morgan fingerprint density at radius 3 is 1.87 bits per heavy atom. The minimum Gasteiger partial charge on any atom is -0.456 e. The molecule has 12 aromatic rings. The Hall–Kier alpha value is -6.99. The van der Waals surface area contributed by atoms with E-state index in [9.17, 15) is 0 Å². The zero-order valence-corrected chi connectivity index (χ0v) is 34.3. The molecule has 0 bridgehead atoms. The lowest BCUT2D eigenvalue weighted by Gasteiger charge is -2.21. The molecule has 4 nitrogen and oxygen atoms in total. The summed E-state index contributed by atoms with van der Waals surface area (Å²) in [7, 11) is 0. The number of aromatic nitrogens is 3. The highest BCUT2D eigenvalue weighted by molar-refractivity contribution is 7.26. The molecule has 1 aliphatic carbocycles. The number of thiophene rings is 2. The van der Waals surface area contributed by atoms with Gasteiger partial charge in [0.1, 0.15) is 11.2 Å². The monoisotopic (exact) mass is 803 g/mol. The summed E-state index contributed by atoms with van der Waals surface area (Å²) < 4.78 is 11.5. The van der Waals surface area contributed by atoms with Crippen LogP contribution in [0.15, 0.2) is 168 Å². The van der Waals surface area contributed by atoms with E-state index < -0.39 is 0 Å². The van der Waals surface area contributed by atoms with Crippen LogP contribution >= 0.6 is 22.7 Å². The summed E-state index contributed by atoms with van der Waals surface area (Å²) in [6.45, 7) is 4.67. The van der Waals surface area contributed by atoms with Crippen molar-refractivity contribution in [3.8, 4) is 56.4 Å². The van der Waals surface area contributed by atoms with Gasteiger partial charge in [0.25, 0.3) is 0 Å². The van der Waals surface area contributed by atoms with Crippen molar-refractivity contribution in [1.29, 1.82) is 0 Å². The maximum absolute atomic E-state index is 6.62. The summed E-state index contributed by atoms with van der Waals surface area (Å²) in [6.07, 6.45) is 0. The van der Waals surface area contributed by atoms with E-state index in [1.54, 1.807) is 22.7 Å². The molecule has 0 N–H and O–H groups in total. The van der Waals surface area contributed by atoms with E-state index >= 15 is 0 Å². The van der Waals surface area contributed by atoms with Crippen LogP contribution in [0, 0.1) is 0 Å². The van der Waals surface area contributed by atoms with E-state index in [2.05, 4.69) is 166 Å². The Labute approximate surface area is 353 Å². The molecular formula is C54H33N3OS2. The van der Waals surface area contributed by atoms with E-state index in [-0.39, 0.29) is 5.41 Å². The van der Waals surface area contributed by atoms with Crippen molar-refractivity contribution in [1.82, 2.24) is 15.0 Å². The average molecular weight is 804 g/mol. The number of benzene rings is 8. The second kappa shape index (κ2) is 12.5. The first-order valence-corrected chi connectivity index (χ1v) is 21.9. The zero-order valence-electron chi connectivity index (χ0n) is 32.7. The fourth-order valence-electron chi connectivity index (χ4n) is 9.75. The van der Waals surface area contributed by atoms with E-state index in [0.29, 0.717) is 17.5 Å². The largest absolute Gasteiger partial charge is 0.456 e. The molecule has 13 rings (SSSR count). The van der Waals surface area contributed by atoms with Gasteiger partial charge in [0.2, 0.25) is 0 Å². The SMILES string of the molecule is CC1(C)c2ccccc2-c2c(-c3ccc4oc5cccc(-c6nc(-c7ccc8c(c7)sc7ccccc78)nc(-c7cccc8sc9ccccc9c78)n6)c5c4c3)cccc21. The molecule has 0 spiro atoms. The summed E-state index contributed by atoms with van der Waals surface area (Å²) in [5, 5.41) is 6.90. The fraction of sp³-hybridized carbons (Fsp3) is 0.0556. The summed E-state index contributed by atoms with van der Waals surface area (Å²) >= 11 is 3.60. The predicted molar refractivity (Wildman–Crippen MR) is 252 cm³/mol. The summed E-state index contributed by atoms with van der Waals surface area (Å²) in [5.74, 6) is 1.89. The zero-order chi connectivity index (χ0) is 39.7. The first-order valence-electron chi connectivity index (χ1n) is 20.3. The lowest BCUT2D eigenvalue weighted by Crippen LogP contribution is -2.14. The highest BCUT2D eigenvalue weighted by Gasteiger charge is 2.36. The maximum Gasteiger partial charge on any atom is 0.164 e. The van der Waals surface area contributed by atoms with Gasteiger partial charge < -0.3 is 4.42 Å².